The van der Waals surface area contributed by atoms with Crippen molar-refractivity contribution in [2.75, 3.05) is 0 Å². The average molecular weight is 304 g/mol. The molecule has 6 heteroatoms. The van der Waals surface area contributed by atoms with Crippen LogP contribution in [-0.2, 0) is 13.0 Å². The monoisotopic (exact) mass is 304 g/mol. The van der Waals surface area contributed by atoms with E-state index in [1.165, 1.54) is 6.26 Å². The molecule has 1 aliphatic rings. The van der Waals surface area contributed by atoms with Gasteiger partial charge in [-0.05, 0) is 36.3 Å². The lowest BCUT2D eigenvalue weighted by atomic mass is 9.57. The summed E-state index contributed by atoms with van der Waals surface area (Å²) in [5, 5.41) is 16.0. The fraction of sp³-hybridized carbons (Fsp3) is 0.500. The number of amides is 1. The highest BCUT2D eigenvalue weighted by atomic mass is 16.5. The average Bonchev–Trinajstić information content (AvgIpc) is 3.17. The second kappa shape index (κ2) is 5.61. The Labute approximate surface area is 128 Å². The molecule has 2 aromatic heterocycles. The van der Waals surface area contributed by atoms with E-state index in [0.29, 0.717) is 17.4 Å². The zero-order valence-corrected chi connectivity index (χ0v) is 12.7. The van der Waals surface area contributed by atoms with Gasteiger partial charge in [0.25, 0.3) is 5.91 Å². The van der Waals surface area contributed by atoms with Crippen LogP contribution in [0, 0.1) is 11.3 Å². The fourth-order valence-corrected chi connectivity index (χ4v) is 3.02. The van der Waals surface area contributed by atoms with Gasteiger partial charge in [-0.2, -0.15) is 0 Å². The van der Waals surface area contributed by atoms with Crippen molar-refractivity contribution in [1.82, 2.24) is 10.5 Å². The Bertz CT molecular complexity index is 645. The van der Waals surface area contributed by atoms with Gasteiger partial charge in [0.05, 0.1) is 12.0 Å². The molecule has 0 unspecified atom stereocenters. The van der Waals surface area contributed by atoms with Gasteiger partial charge in [0, 0.05) is 12.1 Å². The minimum Gasteiger partial charge on any atom is -0.459 e. The van der Waals surface area contributed by atoms with Gasteiger partial charge in [-0.25, -0.2) is 0 Å². The standard InChI is InChI=1S/C16H20N2O4/c1-16(2)10(6-11-8-12(9-19)22-18-11)7-14(16)17-15(20)13-4-3-5-21-13/h3-5,8,10,14,19H,6-7,9H2,1-2H3,(H,17,20)/t10-,14+/m1/s1. The zero-order valence-electron chi connectivity index (χ0n) is 12.7. The molecule has 0 radical (unpaired) electrons. The first-order valence-electron chi connectivity index (χ1n) is 7.40. The molecule has 0 aliphatic heterocycles. The molecule has 3 rings (SSSR count). The summed E-state index contributed by atoms with van der Waals surface area (Å²) in [6, 6.07) is 5.25. The minimum absolute atomic E-state index is 0.0272. The van der Waals surface area contributed by atoms with E-state index in [9.17, 15) is 4.79 Å². The molecular weight excluding hydrogens is 284 g/mol. The predicted octanol–water partition coefficient (Wildman–Crippen LogP) is 2.15. The zero-order chi connectivity index (χ0) is 15.7. The van der Waals surface area contributed by atoms with Gasteiger partial charge < -0.3 is 19.4 Å². The summed E-state index contributed by atoms with van der Waals surface area (Å²) in [4.78, 5) is 12.0. The van der Waals surface area contributed by atoms with Crippen molar-refractivity contribution < 1.29 is 18.8 Å². The Balaban J connectivity index is 1.58. The van der Waals surface area contributed by atoms with Crippen LogP contribution in [0.1, 0.15) is 42.3 Å². The number of furan rings is 1. The van der Waals surface area contributed by atoms with E-state index < -0.39 is 0 Å². The van der Waals surface area contributed by atoms with Crippen molar-refractivity contribution in [3.63, 3.8) is 0 Å². The first-order chi connectivity index (χ1) is 10.5. The largest absolute Gasteiger partial charge is 0.459 e. The van der Waals surface area contributed by atoms with Crippen molar-refractivity contribution in [2.45, 2.75) is 39.3 Å². The Hall–Kier alpha value is -2.08. The molecule has 0 aromatic carbocycles. The lowest BCUT2D eigenvalue weighted by Crippen LogP contribution is -2.58. The van der Waals surface area contributed by atoms with Crippen LogP contribution in [0.5, 0.6) is 0 Å². The van der Waals surface area contributed by atoms with Crippen LogP contribution in [0.15, 0.2) is 33.4 Å². The smallest absolute Gasteiger partial charge is 0.287 e. The molecule has 0 saturated heterocycles. The molecular formula is C16H20N2O4. The van der Waals surface area contributed by atoms with Crippen LogP contribution in [0.3, 0.4) is 0 Å². The van der Waals surface area contributed by atoms with Crippen LogP contribution < -0.4 is 5.32 Å². The predicted molar refractivity (Wildman–Crippen MR) is 78.0 cm³/mol. The van der Waals surface area contributed by atoms with Crippen molar-refractivity contribution in [3.05, 3.63) is 41.7 Å². The SMILES string of the molecule is CC1(C)[C@H](Cc2cc(CO)on2)C[C@@H]1NC(=O)c1ccco1. The lowest BCUT2D eigenvalue weighted by Gasteiger charge is -2.52. The Morgan fingerprint density at radius 1 is 1.55 bits per heavy atom. The summed E-state index contributed by atoms with van der Waals surface area (Å²) < 4.78 is 10.1. The number of nitrogens with zero attached hydrogens (tertiary/aromatic N) is 1. The molecule has 0 spiro atoms. The molecule has 0 bridgehead atoms. The van der Waals surface area contributed by atoms with Gasteiger partial charge in [0.1, 0.15) is 6.61 Å². The Morgan fingerprint density at radius 2 is 2.36 bits per heavy atom. The van der Waals surface area contributed by atoms with Crippen molar-refractivity contribution in [2.24, 2.45) is 11.3 Å². The first kappa shape index (κ1) is 14.8. The Kier molecular flexibility index (Phi) is 3.78. The number of rotatable bonds is 5. The highest BCUT2D eigenvalue weighted by molar-refractivity contribution is 5.91. The second-order valence-corrected chi connectivity index (χ2v) is 6.40. The van der Waals surface area contributed by atoms with Crippen molar-refractivity contribution in [1.29, 1.82) is 0 Å². The third kappa shape index (κ3) is 2.66. The first-order valence-corrected chi connectivity index (χ1v) is 7.40. The molecule has 2 heterocycles. The van der Waals surface area contributed by atoms with E-state index in [1.54, 1.807) is 18.2 Å². The molecule has 22 heavy (non-hydrogen) atoms. The van der Waals surface area contributed by atoms with Gasteiger partial charge in [-0.1, -0.05) is 19.0 Å². The van der Waals surface area contributed by atoms with Gasteiger partial charge in [-0.3, -0.25) is 4.79 Å². The van der Waals surface area contributed by atoms with Crippen LogP contribution >= 0.6 is 0 Å². The summed E-state index contributed by atoms with van der Waals surface area (Å²) in [7, 11) is 0. The van der Waals surface area contributed by atoms with E-state index in [2.05, 4.69) is 24.3 Å². The summed E-state index contributed by atoms with van der Waals surface area (Å²) in [6.07, 6.45) is 3.16. The molecule has 1 fully saturated rings. The molecule has 1 saturated carbocycles. The van der Waals surface area contributed by atoms with Gasteiger partial charge in [0.2, 0.25) is 0 Å². The van der Waals surface area contributed by atoms with Crippen molar-refractivity contribution >= 4 is 5.91 Å². The molecule has 2 aromatic rings. The molecule has 6 nitrogen and oxygen atoms in total. The maximum Gasteiger partial charge on any atom is 0.287 e. The topological polar surface area (TPSA) is 88.5 Å². The molecule has 1 amide bonds. The lowest BCUT2D eigenvalue weighted by molar-refractivity contribution is 0.0131. The number of aromatic nitrogens is 1. The van der Waals surface area contributed by atoms with Crippen LogP contribution in [0.25, 0.3) is 0 Å². The number of carbonyl (C=O) groups is 1. The van der Waals surface area contributed by atoms with Gasteiger partial charge in [0.15, 0.2) is 11.5 Å². The quantitative estimate of drug-likeness (QED) is 0.883. The molecule has 1 aliphatic carbocycles. The number of hydrogen-bond donors (Lipinski definition) is 2. The number of hydrogen-bond acceptors (Lipinski definition) is 5. The van der Waals surface area contributed by atoms with Crippen LogP contribution in [-0.4, -0.2) is 22.2 Å². The fourth-order valence-electron chi connectivity index (χ4n) is 3.02. The van der Waals surface area contributed by atoms with Crippen LogP contribution in [0.4, 0.5) is 0 Å². The van der Waals surface area contributed by atoms with E-state index in [1.807, 2.05) is 0 Å². The third-order valence-corrected chi connectivity index (χ3v) is 4.74. The summed E-state index contributed by atoms with van der Waals surface area (Å²) in [5.41, 5.74) is 0.818. The molecule has 2 atom stereocenters. The summed E-state index contributed by atoms with van der Waals surface area (Å²) in [6.45, 7) is 4.14. The van der Waals surface area contributed by atoms with E-state index >= 15 is 0 Å². The van der Waals surface area contributed by atoms with Crippen molar-refractivity contribution in [3.8, 4) is 0 Å². The maximum absolute atomic E-state index is 12.0. The third-order valence-electron chi connectivity index (χ3n) is 4.74. The number of aliphatic hydroxyl groups excluding tert-OH is 1. The number of aliphatic hydroxyl groups is 1. The number of carbonyl (C=O) groups excluding carboxylic acids is 1. The van der Waals surface area contributed by atoms with E-state index in [0.717, 1.165) is 18.5 Å². The van der Waals surface area contributed by atoms with E-state index in [4.69, 9.17) is 14.0 Å². The number of nitrogens with one attached hydrogen (secondary N) is 1. The Morgan fingerprint density at radius 3 is 2.95 bits per heavy atom. The normalized spacial score (nSPS) is 23.0. The maximum atomic E-state index is 12.0. The van der Waals surface area contributed by atoms with Gasteiger partial charge in [-0.15, -0.1) is 0 Å². The molecule has 118 valence electrons. The van der Waals surface area contributed by atoms with Gasteiger partial charge >= 0.3 is 0 Å². The summed E-state index contributed by atoms with van der Waals surface area (Å²) in [5.74, 6) is 1.05. The summed E-state index contributed by atoms with van der Waals surface area (Å²) >= 11 is 0. The minimum atomic E-state index is -0.175. The molecule has 2 N–H and O–H groups in total. The van der Waals surface area contributed by atoms with Crippen LogP contribution in [0.2, 0.25) is 0 Å². The second-order valence-electron chi connectivity index (χ2n) is 6.40. The van der Waals surface area contributed by atoms with E-state index in [-0.39, 0.29) is 24.0 Å². The highest BCUT2D eigenvalue weighted by Crippen LogP contribution is 2.47. The highest BCUT2D eigenvalue weighted by Gasteiger charge is 2.48.